The fourth-order valence-corrected chi connectivity index (χ4v) is 3.63. The van der Waals surface area contributed by atoms with Gasteiger partial charge in [0, 0.05) is 16.8 Å². The van der Waals surface area contributed by atoms with Crippen LogP contribution < -0.4 is 10.8 Å². The van der Waals surface area contributed by atoms with Crippen LogP contribution in [-0.4, -0.2) is 37.5 Å². The number of H-pyrrole nitrogens is 1. The van der Waals surface area contributed by atoms with E-state index >= 15 is 0 Å². The molecule has 0 unspecified atom stereocenters. The molecule has 2 heterocycles. The van der Waals surface area contributed by atoms with Crippen LogP contribution in [0.4, 0.5) is 0 Å². The minimum Gasteiger partial charge on any atom is -0.353 e. The predicted molar refractivity (Wildman–Crippen MR) is 107 cm³/mol. The Kier molecular flexibility index (Phi) is 5.86. The zero-order valence-corrected chi connectivity index (χ0v) is 16.9. The normalized spacial score (nSPS) is 12.3. The fourth-order valence-electron chi connectivity index (χ4n) is 2.63. The van der Waals surface area contributed by atoms with E-state index in [0.29, 0.717) is 26.9 Å². The number of nitrogens with one attached hydrogen (secondary N) is 3. The summed E-state index contributed by atoms with van der Waals surface area (Å²) in [7, 11) is 0. The van der Waals surface area contributed by atoms with Crippen molar-refractivity contribution in [1.82, 2.24) is 25.1 Å². The number of aromatic amines is 1. The van der Waals surface area contributed by atoms with Crippen LogP contribution in [0.2, 0.25) is 5.02 Å². The topological polar surface area (TPSA) is 99.5 Å². The molecule has 0 aliphatic heterocycles. The molecule has 0 radical (unpaired) electrons. The summed E-state index contributed by atoms with van der Waals surface area (Å²) in [6.07, 6.45) is 0.868. The molecule has 1 amide bonds. The molecule has 142 valence electrons. The van der Waals surface area contributed by atoms with Gasteiger partial charge in [0.25, 0.3) is 0 Å². The van der Waals surface area contributed by atoms with Gasteiger partial charge in [0.05, 0.1) is 16.8 Å². The van der Waals surface area contributed by atoms with Crippen LogP contribution >= 0.6 is 23.4 Å². The van der Waals surface area contributed by atoms with Crippen LogP contribution in [0, 0.1) is 12.3 Å². The molecule has 0 aliphatic carbocycles. The summed E-state index contributed by atoms with van der Waals surface area (Å²) in [6, 6.07) is 7.34. The molecule has 0 saturated carbocycles. The molecule has 0 saturated heterocycles. The standard InChI is InChI=1S/C18H21ClN6OS/c1-4-10(2)21-14(26)9-27-18-22-17-15(11(3)23-24-17)16(20)25(18)13-7-5-6-12(19)8-13/h5-8,10,20H,4,9H2,1-3H3,(H,21,26)(H,23,24)/t10-/m0/s1. The molecule has 1 atom stereocenters. The van der Waals surface area contributed by atoms with Gasteiger partial charge < -0.3 is 5.32 Å². The first-order chi connectivity index (χ1) is 12.9. The van der Waals surface area contributed by atoms with E-state index in [1.54, 1.807) is 16.7 Å². The molecule has 3 aromatic rings. The van der Waals surface area contributed by atoms with E-state index in [0.717, 1.165) is 12.1 Å². The van der Waals surface area contributed by atoms with Crippen LogP contribution in [0.5, 0.6) is 0 Å². The molecular weight excluding hydrogens is 384 g/mol. The maximum atomic E-state index is 12.2. The van der Waals surface area contributed by atoms with Gasteiger partial charge in [-0.3, -0.25) is 19.9 Å². The van der Waals surface area contributed by atoms with Crippen LogP contribution in [0.1, 0.15) is 26.0 Å². The summed E-state index contributed by atoms with van der Waals surface area (Å²) in [5.74, 6) is 0.130. The van der Waals surface area contributed by atoms with Crippen LogP contribution in [0.25, 0.3) is 16.7 Å². The molecule has 0 bridgehead atoms. The number of hydrogen-bond donors (Lipinski definition) is 3. The zero-order valence-electron chi connectivity index (χ0n) is 15.3. The highest BCUT2D eigenvalue weighted by molar-refractivity contribution is 7.99. The number of aryl methyl sites for hydroxylation is 1. The quantitative estimate of drug-likeness (QED) is 0.434. The zero-order chi connectivity index (χ0) is 19.6. The van der Waals surface area contributed by atoms with Gasteiger partial charge >= 0.3 is 0 Å². The molecule has 0 aliphatic rings. The van der Waals surface area contributed by atoms with E-state index in [1.165, 1.54) is 11.8 Å². The highest BCUT2D eigenvalue weighted by Crippen LogP contribution is 2.23. The number of rotatable bonds is 6. The Hall–Kier alpha value is -2.32. The number of nitrogens with zero attached hydrogens (tertiary/aromatic N) is 3. The number of aromatic nitrogens is 4. The van der Waals surface area contributed by atoms with Crippen LogP contribution in [0.15, 0.2) is 29.4 Å². The van der Waals surface area contributed by atoms with Gasteiger partial charge in [-0.15, -0.1) is 0 Å². The van der Waals surface area contributed by atoms with Crippen LogP contribution in [-0.2, 0) is 4.79 Å². The number of fused-ring (bicyclic) bond motifs is 1. The molecule has 9 heteroatoms. The summed E-state index contributed by atoms with van der Waals surface area (Å²) in [5.41, 5.74) is 2.19. The third-order valence-corrected chi connectivity index (χ3v) is 5.37. The molecule has 2 aromatic heterocycles. The Morgan fingerprint density at radius 3 is 2.96 bits per heavy atom. The van der Waals surface area contributed by atoms with Gasteiger partial charge in [0.15, 0.2) is 10.8 Å². The van der Waals surface area contributed by atoms with Crippen molar-refractivity contribution in [2.45, 2.75) is 38.4 Å². The molecule has 7 nitrogen and oxygen atoms in total. The first-order valence-corrected chi connectivity index (χ1v) is 9.97. The van der Waals surface area contributed by atoms with Crippen molar-refractivity contribution in [2.24, 2.45) is 0 Å². The smallest absolute Gasteiger partial charge is 0.230 e. The van der Waals surface area contributed by atoms with E-state index in [-0.39, 0.29) is 23.2 Å². The van der Waals surface area contributed by atoms with Crippen molar-refractivity contribution in [3.05, 3.63) is 40.5 Å². The van der Waals surface area contributed by atoms with Crippen molar-refractivity contribution in [2.75, 3.05) is 5.75 Å². The average Bonchev–Trinajstić information content (AvgIpc) is 3.01. The number of thioether (sulfide) groups is 1. The second-order valence-electron chi connectivity index (χ2n) is 6.27. The fraction of sp³-hybridized carbons (Fsp3) is 0.333. The minimum absolute atomic E-state index is 0.0707. The number of halogens is 1. The SMILES string of the molecule is CC[C@H](C)NC(=O)CSc1nc2n[nH]c(C)c2c(=N)n1-c1cccc(Cl)c1. The highest BCUT2D eigenvalue weighted by atomic mass is 35.5. The van der Waals surface area contributed by atoms with Gasteiger partial charge in [-0.25, -0.2) is 4.98 Å². The van der Waals surface area contributed by atoms with E-state index in [4.69, 9.17) is 17.0 Å². The maximum absolute atomic E-state index is 12.2. The lowest BCUT2D eigenvalue weighted by atomic mass is 10.3. The molecular formula is C18H21ClN6OS. The Morgan fingerprint density at radius 1 is 1.48 bits per heavy atom. The van der Waals surface area contributed by atoms with Crippen molar-refractivity contribution in [3.63, 3.8) is 0 Å². The largest absolute Gasteiger partial charge is 0.353 e. The lowest BCUT2D eigenvalue weighted by Gasteiger charge is -2.14. The summed E-state index contributed by atoms with van der Waals surface area (Å²) in [5, 5.41) is 20.4. The first-order valence-electron chi connectivity index (χ1n) is 8.61. The summed E-state index contributed by atoms with van der Waals surface area (Å²) in [6.45, 7) is 5.84. The van der Waals surface area contributed by atoms with Crippen molar-refractivity contribution >= 4 is 40.3 Å². The Morgan fingerprint density at radius 2 is 2.26 bits per heavy atom. The third kappa shape index (κ3) is 4.17. The molecule has 0 spiro atoms. The average molecular weight is 405 g/mol. The highest BCUT2D eigenvalue weighted by Gasteiger charge is 2.16. The summed E-state index contributed by atoms with van der Waals surface area (Å²) < 4.78 is 1.69. The van der Waals surface area contributed by atoms with Gasteiger partial charge in [0.2, 0.25) is 5.91 Å². The number of hydrogen-bond acceptors (Lipinski definition) is 5. The number of benzene rings is 1. The summed E-state index contributed by atoms with van der Waals surface area (Å²) >= 11 is 7.41. The Labute approximate surface area is 166 Å². The van der Waals surface area contributed by atoms with E-state index in [1.807, 2.05) is 32.9 Å². The van der Waals surface area contributed by atoms with Crippen molar-refractivity contribution in [1.29, 1.82) is 5.41 Å². The third-order valence-electron chi connectivity index (χ3n) is 4.20. The molecule has 1 aromatic carbocycles. The monoisotopic (exact) mass is 404 g/mol. The lowest BCUT2D eigenvalue weighted by Crippen LogP contribution is -2.33. The molecule has 0 fully saturated rings. The Balaban J connectivity index is 2.04. The Bertz CT molecular complexity index is 1040. The molecule has 27 heavy (non-hydrogen) atoms. The van der Waals surface area contributed by atoms with E-state index in [2.05, 4.69) is 20.5 Å². The van der Waals surface area contributed by atoms with Gasteiger partial charge in [-0.05, 0) is 38.5 Å². The van der Waals surface area contributed by atoms with E-state index in [9.17, 15) is 4.79 Å². The van der Waals surface area contributed by atoms with Crippen molar-refractivity contribution in [3.8, 4) is 5.69 Å². The lowest BCUT2D eigenvalue weighted by molar-refractivity contribution is -0.119. The second-order valence-corrected chi connectivity index (χ2v) is 7.65. The van der Waals surface area contributed by atoms with E-state index < -0.39 is 0 Å². The summed E-state index contributed by atoms with van der Waals surface area (Å²) in [4.78, 5) is 16.8. The van der Waals surface area contributed by atoms with Gasteiger partial charge in [0.1, 0.15) is 5.49 Å². The number of carbonyl (C=O) groups is 1. The first kappa shape index (κ1) is 19.4. The number of carbonyl (C=O) groups excluding carboxylic acids is 1. The maximum Gasteiger partial charge on any atom is 0.230 e. The number of amides is 1. The minimum atomic E-state index is -0.0707. The van der Waals surface area contributed by atoms with Gasteiger partial charge in [-0.2, -0.15) is 5.10 Å². The van der Waals surface area contributed by atoms with Gasteiger partial charge in [-0.1, -0.05) is 36.4 Å². The second kappa shape index (κ2) is 8.14. The van der Waals surface area contributed by atoms with Crippen molar-refractivity contribution < 1.29 is 4.79 Å². The predicted octanol–water partition coefficient (Wildman–Crippen LogP) is 3.20. The molecule has 3 rings (SSSR count). The molecule has 3 N–H and O–H groups in total. The van der Waals surface area contributed by atoms with Crippen LogP contribution in [0.3, 0.4) is 0 Å².